The fraction of sp³-hybridized carbons (Fsp3) is 0.833. The average molecular weight is 289 g/mol. The number of sulfonamides is 1. The van der Waals surface area contributed by atoms with E-state index >= 15 is 0 Å². The molecule has 1 amide bonds. The molecule has 1 aliphatic heterocycles. The molecular weight excluding hydrogens is 270 g/mol. The maximum atomic E-state index is 12.1. The largest absolute Gasteiger partial charge is 0.480 e. The molecule has 0 bridgehead atoms. The molecule has 108 valence electrons. The summed E-state index contributed by atoms with van der Waals surface area (Å²) >= 11 is 0. The van der Waals surface area contributed by atoms with Crippen molar-refractivity contribution in [2.75, 3.05) is 0 Å². The SMILES string of the molecule is CC1(C)C(=O)N(C(C(=O)O)C2CCCCC2)S1(=O)=O. The van der Waals surface area contributed by atoms with Gasteiger partial charge in [-0.25, -0.2) is 17.5 Å². The lowest BCUT2D eigenvalue weighted by molar-refractivity contribution is -0.151. The summed E-state index contributed by atoms with van der Waals surface area (Å²) in [5.41, 5.74) is 0. The number of carbonyl (C=O) groups excluding carboxylic acids is 1. The normalized spacial score (nSPS) is 27.7. The van der Waals surface area contributed by atoms with Crippen molar-refractivity contribution in [3.8, 4) is 0 Å². The van der Waals surface area contributed by atoms with Crippen LogP contribution in [0.5, 0.6) is 0 Å². The van der Waals surface area contributed by atoms with Gasteiger partial charge in [0.1, 0.15) is 6.04 Å². The van der Waals surface area contributed by atoms with Gasteiger partial charge in [0.25, 0.3) is 15.9 Å². The van der Waals surface area contributed by atoms with E-state index in [1.165, 1.54) is 13.8 Å². The Balaban J connectivity index is 2.31. The average Bonchev–Trinajstić information content (AvgIpc) is 2.35. The Kier molecular flexibility index (Phi) is 3.36. The molecule has 0 radical (unpaired) electrons. The molecule has 1 saturated carbocycles. The molecule has 0 aromatic heterocycles. The number of aliphatic carboxylic acids is 1. The van der Waals surface area contributed by atoms with Crippen LogP contribution < -0.4 is 0 Å². The second kappa shape index (κ2) is 4.47. The van der Waals surface area contributed by atoms with Crippen LogP contribution in [0.3, 0.4) is 0 Å². The van der Waals surface area contributed by atoms with E-state index in [0.717, 1.165) is 19.3 Å². The molecule has 0 spiro atoms. The van der Waals surface area contributed by atoms with Gasteiger partial charge in [-0.15, -0.1) is 0 Å². The first kappa shape index (κ1) is 14.3. The van der Waals surface area contributed by atoms with Crippen LogP contribution in [0.15, 0.2) is 0 Å². The summed E-state index contributed by atoms with van der Waals surface area (Å²) in [6.07, 6.45) is 4.14. The van der Waals surface area contributed by atoms with Crippen LogP contribution in [0, 0.1) is 5.92 Å². The van der Waals surface area contributed by atoms with Gasteiger partial charge in [0.05, 0.1) is 0 Å². The number of carboxylic acid groups (broad SMARTS) is 1. The van der Waals surface area contributed by atoms with Crippen LogP contribution in [0.1, 0.15) is 46.0 Å². The molecule has 1 N–H and O–H groups in total. The van der Waals surface area contributed by atoms with Gasteiger partial charge >= 0.3 is 5.97 Å². The van der Waals surface area contributed by atoms with Crippen LogP contribution in [0.2, 0.25) is 0 Å². The third-order valence-corrected chi connectivity index (χ3v) is 6.60. The van der Waals surface area contributed by atoms with Gasteiger partial charge in [0.2, 0.25) is 0 Å². The summed E-state index contributed by atoms with van der Waals surface area (Å²) in [7, 11) is -3.84. The monoisotopic (exact) mass is 289 g/mol. The lowest BCUT2D eigenvalue weighted by Crippen LogP contribution is -2.72. The lowest BCUT2D eigenvalue weighted by Gasteiger charge is -2.47. The van der Waals surface area contributed by atoms with E-state index < -0.39 is 32.7 Å². The predicted octanol–water partition coefficient (Wildman–Crippen LogP) is 0.970. The third-order valence-electron chi connectivity index (χ3n) is 4.22. The Labute approximate surface area is 112 Å². The molecule has 6 nitrogen and oxygen atoms in total. The molecule has 1 unspecified atom stereocenters. The Morgan fingerprint density at radius 1 is 1.32 bits per heavy atom. The topological polar surface area (TPSA) is 91.8 Å². The van der Waals surface area contributed by atoms with Crippen molar-refractivity contribution in [3.63, 3.8) is 0 Å². The van der Waals surface area contributed by atoms with Crippen molar-refractivity contribution in [1.82, 2.24) is 4.31 Å². The van der Waals surface area contributed by atoms with E-state index in [4.69, 9.17) is 0 Å². The van der Waals surface area contributed by atoms with Gasteiger partial charge in [-0.1, -0.05) is 19.3 Å². The summed E-state index contributed by atoms with van der Waals surface area (Å²) in [5.74, 6) is -2.09. The highest BCUT2D eigenvalue weighted by Crippen LogP contribution is 2.41. The highest BCUT2D eigenvalue weighted by atomic mass is 32.2. The van der Waals surface area contributed by atoms with Crippen molar-refractivity contribution < 1.29 is 23.1 Å². The Morgan fingerprint density at radius 3 is 2.26 bits per heavy atom. The maximum Gasteiger partial charge on any atom is 0.327 e. The summed E-state index contributed by atoms with van der Waals surface area (Å²) in [5, 5.41) is 9.32. The first-order valence-electron chi connectivity index (χ1n) is 6.52. The number of amides is 1. The van der Waals surface area contributed by atoms with Gasteiger partial charge < -0.3 is 5.11 Å². The van der Waals surface area contributed by atoms with Crippen LogP contribution in [0.4, 0.5) is 0 Å². The van der Waals surface area contributed by atoms with E-state index in [0.29, 0.717) is 17.1 Å². The summed E-state index contributed by atoms with van der Waals surface area (Å²) in [6, 6.07) is -1.23. The molecule has 1 saturated heterocycles. The number of hydrogen-bond donors (Lipinski definition) is 1. The first-order valence-corrected chi connectivity index (χ1v) is 7.96. The quantitative estimate of drug-likeness (QED) is 0.836. The fourth-order valence-electron chi connectivity index (χ4n) is 2.91. The molecule has 1 aliphatic carbocycles. The zero-order chi connectivity index (χ0) is 14.4. The molecule has 2 aliphatic rings. The van der Waals surface area contributed by atoms with Crippen molar-refractivity contribution in [2.45, 2.75) is 56.7 Å². The zero-order valence-electron chi connectivity index (χ0n) is 11.1. The van der Waals surface area contributed by atoms with E-state index in [9.17, 15) is 23.1 Å². The van der Waals surface area contributed by atoms with Crippen molar-refractivity contribution in [2.24, 2.45) is 5.92 Å². The minimum absolute atomic E-state index is 0.263. The fourth-order valence-corrected chi connectivity index (χ4v) is 4.60. The highest BCUT2D eigenvalue weighted by molar-refractivity contribution is 7.94. The highest BCUT2D eigenvalue weighted by Gasteiger charge is 2.64. The predicted molar refractivity (Wildman–Crippen MR) is 67.8 cm³/mol. The minimum Gasteiger partial charge on any atom is -0.480 e. The molecule has 2 fully saturated rings. The van der Waals surface area contributed by atoms with Crippen molar-refractivity contribution in [3.05, 3.63) is 0 Å². The summed E-state index contributed by atoms with van der Waals surface area (Å²) < 4.78 is 23.3. The second-order valence-corrected chi connectivity index (χ2v) is 8.16. The molecule has 19 heavy (non-hydrogen) atoms. The third kappa shape index (κ3) is 1.94. The van der Waals surface area contributed by atoms with Crippen LogP contribution in [-0.2, 0) is 19.6 Å². The van der Waals surface area contributed by atoms with Gasteiger partial charge in [0, 0.05) is 0 Å². The smallest absolute Gasteiger partial charge is 0.327 e. The Bertz CT molecular complexity index is 504. The molecule has 2 rings (SSSR count). The molecule has 1 heterocycles. The van der Waals surface area contributed by atoms with E-state index in [2.05, 4.69) is 0 Å². The molecule has 0 aromatic carbocycles. The van der Waals surface area contributed by atoms with E-state index in [-0.39, 0.29) is 5.92 Å². The number of carbonyl (C=O) groups is 2. The standard InChI is InChI=1S/C12H19NO5S/c1-12(2)11(16)13(19(12,17)18)9(10(14)15)8-6-4-3-5-7-8/h8-9H,3-7H2,1-2H3,(H,14,15). The Morgan fingerprint density at radius 2 is 1.84 bits per heavy atom. The number of nitrogens with zero attached hydrogens (tertiary/aromatic N) is 1. The molecule has 0 aromatic rings. The molecule has 1 atom stereocenters. The van der Waals surface area contributed by atoms with Crippen molar-refractivity contribution in [1.29, 1.82) is 0 Å². The maximum absolute atomic E-state index is 12.1. The number of carboxylic acids is 1. The second-order valence-electron chi connectivity index (χ2n) is 5.80. The first-order chi connectivity index (χ1) is 8.71. The molecular formula is C12H19NO5S. The van der Waals surface area contributed by atoms with Gasteiger partial charge in [-0.05, 0) is 32.6 Å². The summed E-state index contributed by atoms with van der Waals surface area (Å²) in [6.45, 7) is 2.64. The van der Waals surface area contributed by atoms with E-state index in [1.807, 2.05) is 0 Å². The van der Waals surface area contributed by atoms with Crippen LogP contribution >= 0.6 is 0 Å². The van der Waals surface area contributed by atoms with Gasteiger partial charge in [0.15, 0.2) is 4.75 Å². The summed E-state index contributed by atoms with van der Waals surface area (Å²) in [4.78, 5) is 23.4. The number of rotatable bonds is 3. The van der Waals surface area contributed by atoms with E-state index in [1.54, 1.807) is 0 Å². The van der Waals surface area contributed by atoms with Crippen LogP contribution in [-0.4, -0.2) is 40.5 Å². The van der Waals surface area contributed by atoms with Crippen LogP contribution in [0.25, 0.3) is 0 Å². The minimum atomic E-state index is -3.84. The zero-order valence-corrected chi connectivity index (χ0v) is 11.9. The Hall–Kier alpha value is -1.11. The number of hydrogen-bond acceptors (Lipinski definition) is 4. The lowest BCUT2D eigenvalue weighted by atomic mass is 9.83. The molecule has 7 heteroatoms. The van der Waals surface area contributed by atoms with Gasteiger partial charge in [-0.2, -0.15) is 0 Å². The van der Waals surface area contributed by atoms with Crippen molar-refractivity contribution >= 4 is 21.9 Å². The van der Waals surface area contributed by atoms with Gasteiger partial charge in [-0.3, -0.25) is 4.79 Å².